The van der Waals surface area contributed by atoms with E-state index < -0.39 is 9.96 Å². The van der Waals surface area contributed by atoms with E-state index in [2.05, 4.69) is 17.6 Å². The molecule has 1 aliphatic heterocycles. The van der Waals surface area contributed by atoms with Crippen molar-refractivity contribution >= 4 is 58.0 Å². The fourth-order valence-electron chi connectivity index (χ4n) is 4.07. The van der Waals surface area contributed by atoms with Crippen LogP contribution in [0.25, 0.3) is 0 Å². The smallest absolute Gasteiger partial charge is 0.228 e. The predicted molar refractivity (Wildman–Crippen MR) is 150 cm³/mol. The van der Waals surface area contributed by atoms with Crippen molar-refractivity contribution in [1.82, 2.24) is 15.5 Å². The number of carbonyl (C=O) groups is 1. The van der Waals surface area contributed by atoms with E-state index >= 15 is 0 Å². The van der Waals surface area contributed by atoms with Crippen LogP contribution < -0.4 is 10.6 Å². The summed E-state index contributed by atoms with van der Waals surface area (Å²) in [4.78, 5) is 14.3. The van der Waals surface area contributed by atoms with Crippen molar-refractivity contribution in [2.24, 2.45) is 0 Å². The lowest BCUT2D eigenvalue weighted by molar-refractivity contribution is -0.122. The van der Waals surface area contributed by atoms with Gasteiger partial charge in [-0.15, -0.1) is 0 Å². The summed E-state index contributed by atoms with van der Waals surface area (Å²) in [5.74, 6) is -0.136. The molecule has 0 spiro atoms. The van der Waals surface area contributed by atoms with E-state index in [-0.39, 0.29) is 5.91 Å². The number of carbonyl (C=O) groups excluding carboxylic acids is 1. The van der Waals surface area contributed by atoms with E-state index in [1.807, 2.05) is 4.90 Å². The van der Waals surface area contributed by atoms with Crippen LogP contribution >= 0.6 is 47.0 Å². The molecule has 0 aliphatic carbocycles. The summed E-state index contributed by atoms with van der Waals surface area (Å²) < 4.78 is 3.62. The molecule has 1 amide bonds. The lowest BCUT2D eigenvalue weighted by atomic mass is 10.0. The molecule has 0 bridgehead atoms. The van der Waals surface area contributed by atoms with Crippen LogP contribution in [0.3, 0.4) is 0 Å². The first-order chi connectivity index (χ1) is 16.3. The Hall–Kier alpha value is -0.0100. The summed E-state index contributed by atoms with van der Waals surface area (Å²) in [6.45, 7) is 4.82. The van der Waals surface area contributed by atoms with Gasteiger partial charge in [0.15, 0.2) is 5.11 Å². The highest BCUT2D eigenvalue weighted by atomic mass is 35.6. The number of unbranched alkanes of at least 4 members (excludes halogenated alkanes) is 14. The summed E-state index contributed by atoms with van der Waals surface area (Å²) in [6, 6.07) is 0. The number of rotatable bonds is 18. The fraction of sp³-hybridized carbons (Fsp3) is 0.920. The first kappa shape index (κ1) is 32.0. The Morgan fingerprint density at radius 2 is 1.26 bits per heavy atom. The van der Waals surface area contributed by atoms with Crippen molar-refractivity contribution in [3.05, 3.63) is 0 Å². The third kappa shape index (κ3) is 16.6. The normalized spacial score (nSPS) is 15.2. The van der Waals surface area contributed by atoms with Crippen LogP contribution in [0.5, 0.6) is 0 Å². The van der Waals surface area contributed by atoms with Crippen LogP contribution in [0.1, 0.15) is 110 Å². The van der Waals surface area contributed by atoms with Crippen LogP contribution in [-0.2, 0) is 9.53 Å². The van der Waals surface area contributed by atoms with Crippen molar-refractivity contribution in [2.45, 2.75) is 120 Å². The van der Waals surface area contributed by atoms with E-state index in [0.29, 0.717) is 37.8 Å². The number of amides is 1. The molecule has 1 heterocycles. The summed E-state index contributed by atoms with van der Waals surface area (Å²) in [7, 11) is 0. The van der Waals surface area contributed by atoms with Gasteiger partial charge < -0.3 is 20.3 Å². The van der Waals surface area contributed by atoms with E-state index in [1.165, 1.54) is 77.0 Å². The van der Waals surface area contributed by atoms with Crippen molar-refractivity contribution in [3.63, 3.8) is 0 Å². The summed E-state index contributed by atoms with van der Waals surface area (Å²) >= 11 is 23.6. The number of morpholine rings is 1. The van der Waals surface area contributed by atoms with Gasteiger partial charge in [0, 0.05) is 19.5 Å². The quantitative estimate of drug-likeness (QED) is 0.0802. The highest BCUT2D eigenvalue weighted by molar-refractivity contribution is 7.80. The van der Waals surface area contributed by atoms with Gasteiger partial charge in [-0.25, -0.2) is 0 Å². The molecule has 0 aromatic carbocycles. The number of hydrogen-bond acceptors (Lipinski definition) is 3. The summed E-state index contributed by atoms with van der Waals surface area (Å²) in [6.07, 6.45) is 18.9. The monoisotopic (exact) mass is 557 g/mol. The number of nitrogens with zero attached hydrogens (tertiary/aromatic N) is 1. The Labute approximate surface area is 228 Å². The number of ether oxygens (including phenoxy) is 1. The summed E-state index contributed by atoms with van der Waals surface area (Å²) in [5, 5.41) is 6.22. The predicted octanol–water partition coefficient (Wildman–Crippen LogP) is 7.27. The third-order valence-electron chi connectivity index (χ3n) is 6.21. The zero-order valence-corrected chi connectivity index (χ0v) is 24.1. The van der Waals surface area contributed by atoms with Crippen LogP contribution in [0.4, 0.5) is 0 Å². The van der Waals surface area contributed by atoms with Gasteiger partial charge in [0.05, 0.1) is 13.2 Å². The molecule has 1 aliphatic rings. The fourth-order valence-corrected chi connectivity index (χ4v) is 4.70. The molecule has 34 heavy (non-hydrogen) atoms. The largest absolute Gasteiger partial charge is 0.378 e. The van der Waals surface area contributed by atoms with Crippen LogP contribution in [-0.4, -0.2) is 52.2 Å². The van der Waals surface area contributed by atoms with E-state index in [4.69, 9.17) is 51.8 Å². The number of hydrogen-bond donors (Lipinski definition) is 2. The van der Waals surface area contributed by atoms with Gasteiger partial charge in [0.1, 0.15) is 6.17 Å². The van der Waals surface area contributed by atoms with Gasteiger partial charge in [-0.3, -0.25) is 4.79 Å². The molecule has 1 unspecified atom stereocenters. The second-order valence-electron chi connectivity index (χ2n) is 9.29. The molecule has 0 aromatic rings. The molecule has 0 aromatic heterocycles. The van der Waals surface area contributed by atoms with Gasteiger partial charge in [-0.05, 0) is 18.6 Å². The van der Waals surface area contributed by atoms with E-state index in [9.17, 15) is 4.79 Å². The van der Waals surface area contributed by atoms with Gasteiger partial charge >= 0.3 is 0 Å². The molecule has 0 radical (unpaired) electrons. The second kappa shape index (κ2) is 20.1. The molecule has 200 valence electrons. The molecule has 9 heteroatoms. The van der Waals surface area contributed by atoms with E-state index in [1.54, 1.807) is 0 Å². The van der Waals surface area contributed by atoms with Crippen LogP contribution in [0.2, 0.25) is 0 Å². The highest BCUT2D eigenvalue weighted by Gasteiger charge is 2.35. The van der Waals surface area contributed by atoms with Crippen molar-refractivity contribution in [2.75, 3.05) is 26.3 Å². The molecule has 5 nitrogen and oxygen atoms in total. The molecular weight excluding hydrogens is 513 g/mol. The SMILES string of the molecule is CCCCCCCCCCCCCCCCCC(=O)NC(NC(=S)N1CCOCC1)C(Cl)(Cl)Cl. The summed E-state index contributed by atoms with van der Waals surface area (Å²) in [5.41, 5.74) is 0. The first-order valence-electron chi connectivity index (χ1n) is 13.3. The maximum Gasteiger partial charge on any atom is 0.228 e. The second-order valence-corrected chi connectivity index (χ2v) is 12.0. The average molecular weight is 559 g/mol. The Balaban J connectivity index is 2.04. The number of halogens is 3. The molecule has 1 atom stereocenters. The zero-order chi connectivity index (χ0) is 25.1. The Bertz CT molecular complexity index is 544. The zero-order valence-electron chi connectivity index (χ0n) is 21.0. The van der Waals surface area contributed by atoms with Crippen molar-refractivity contribution in [1.29, 1.82) is 0 Å². The van der Waals surface area contributed by atoms with Crippen LogP contribution in [0.15, 0.2) is 0 Å². The van der Waals surface area contributed by atoms with Gasteiger partial charge in [-0.2, -0.15) is 0 Å². The molecule has 0 saturated carbocycles. The van der Waals surface area contributed by atoms with Crippen LogP contribution in [0, 0.1) is 0 Å². The topological polar surface area (TPSA) is 53.6 Å². The number of nitrogens with one attached hydrogen (secondary N) is 2. The van der Waals surface area contributed by atoms with Crippen molar-refractivity contribution in [3.8, 4) is 0 Å². The van der Waals surface area contributed by atoms with Crippen molar-refractivity contribution < 1.29 is 9.53 Å². The highest BCUT2D eigenvalue weighted by Crippen LogP contribution is 2.29. The minimum Gasteiger partial charge on any atom is -0.378 e. The minimum atomic E-state index is -1.71. The maximum absolute atomic E-state index is 12.4. The third-order valence-corrected chi connectivity index (χ3v) is 7.24. The van der Waals surface area contributed by atoms with Gasteiger partial charge in [0.25, 0.3) is 0 Å². The number of alkyl halides is 3. The Morgan fingerprint density at radius 3 is 1.71 bits per heavy atom. The van der Waals surface area contributed by atoms with Gasteiger partial charge in [0.2, 0.25) is 9.70 Å². The number of thiocarbonyl (C=S) groups is 1. The molecule has 1 rings (SSSR count). The lowest BCUT2D eigenvalue weighted by Crippen LogP contribution is -2.59. The average Bonchev–Trinajstić information content (AvgIpc) is 2.81. The molecular formula is C25H46Cl3N3O2S. The Kier molecular flexibility index (Phi) is 18.9. The first-order valence-corrected chi connectivity index (χ1v) is 14.9. The maximum atomic E-state index is 12.4. The van der Waals surface area contributed by atoms with E-state index in [0.717, 1.165) is 19.3 Å². The lowest BCUT2D eigenvalue weighted by Gasteiger charge is -2.34. The minimum absolute atomic E-state index is 0.136. The Morgan fingerprint density at radius 1 is 0.824 bits per heavy atom. The standard InChI is InChI=1S/C25H46Cl3N3O2S/c1-2-3-4-5-6-7-8-9-10-11-12-13-14-15-16-17-22(32)29-23(25(26,27)28)30-24(34)31-18-20-33-21-19-31/h23H,2-21H2,1H3,(H,29,32)(H,30,34). The molecule has 1 saturated heterocycles. The molecule has 2 N–H and O–H groups in total. The molecule has 1 fully saturated rings. The van der Waals surface area contributed by atoms with Gasteiger partial charge in [-0.1, -0.05) is 132 Å².